The number of thiazole rings is 1. The number of benzene rings is 2. The summed E-state index contributed by atoms with van der Waals surface area (Å²) in [5.41, 5.74) is 3.89. The van der Waals surface area contributed by atoms with E-state index in [0.717, 1.165) is 41.8 Å². The van der Waals surface area contributed by atoms with Crippen molar-refractivity contribution in [3.05, 3.63) is 81.5 Å². The first-order valence-corrected chi connectivity index (χ1v) is 12.9. The van der Waals surface area contributed by atoms with Crippen molar-refractivity contribution in [2.75, 3.05) is 10.5 Å². The number of halogens is 3. The topological polar surface area (TPSA) is 139 Å². The fourth-order valence-corrected chi connectivity index (χ4v) is 5.90. The number of rotatable bonds is 5. The second kappa shape index (κ2) is 9.19. The van der Waals surface area contributed by atoms with Crippen LogP contribution in [0.5, 0.6) is 0 Å². The molecule has 0 aliphatic heterocycles. The second-order valence-corrected chi connectivity index (χ2v) is 11.6. The lowest BCUT2D eigenvalue weighted by molar-refractivity contribution is -0.600. The highest BCUT2D eigenvalue weighted by atomic mass is 32.2. The molecule has 0 amide bonds. The number of nitrogens with zero attached hydrogens (tertiary/aromatic N) is 3. The number of aromatic nitrogens is 3. The number of anilines is 2. The van der Waals surface area contributed by atoms with Gasteiger partial charge in [-0.3, -0.25) is 10.5 Å². The molecule has 0 unspecified atom stereocenters. The predicted octanol–water partition coefficient (Wildman–Crippen LogP) is 3.84. The van der Waals surface area contributed by atoms with Gasteiger partial charge in [0.1, 0.15) is 16.5 Å². The average molecular weight is 552 g/mol. The molecule has 3 N–H and O–H groups in total. The zero-order valence-electron chi connectivity index (χ0n) is 19.6. The minimum Gasteiger partial charge on any atom is -0.740 e. The van der Waals surface area contributed by atoms with Gasteiger partial charge in [0.15, 0.2) is 16.4 Å². The van der Waals surface area contributed by atoms with Crippen molar-refractivity contribution in [3.8, 4) is 21.8 Å². The molecule has 0 fully saturated rings. The molecule has 0 atom stereocenters. The minimum absolute atomic E-state index is 0.114. The van der Waals surface area contributed by atoms with Crippen LogP contribution in [-0.2, 0) is 15.4 Å². The third kappa shape index (κ3) is 4.76. The lowest BCUT2D eigenvalue weighted by atomic mass is 9.98. The summed E-state index contributed by atoms with van der Waals surface area (Å²) in [5, 5.41) is 25.4. The lowest BCUT2D eigenvalue weighted by Gasteiger charge is -2.14. The van der Waals surface area contributed by atoms with Gasteiger partial charge < -0.3 is 10.4 Å². The number of hydrogen-bond acceptors (Lipinski definition) is 7. The maximum Gasteiger partial charge on any atom is 0.390 e. The van der Waals surface area contributed by atoms with Gasteiger partial charge in [0, 0.05) is 6.07 Å². The second-order valence-electron chi connectivity index (χ2n) is 8.95. The van der Waals surface area contributed by atoms with Crippen LogP contribution < -0.4 is 19.9 Å². The standard InChI is InChI=1S/C23H20F3N5O4S2/c1-23(2,3)21-31(33)18(19(36-21)16-10-11-30(32)22(27)28-16)12-6-4-9-15(17(12)26)29-37(34,35)20-13(24)7-5-8-14(20)25/h4-11,29H,1-3H3,(H2,27,28). The molecule has 194 valence electrons. The van der Waals surface area contributed by atoms with Crippen LogP contribution >= 0.6 is 11.3 Å². The molecule has 0 bridgehead atoms. The van der Waals surface area contributed by atoms with Gasteiger partial charge in [-0.2, -0.15) is 4.73 Å². The van der Waals surface area contributed by atoms with Crippen molar-refractivity contribution in [1.29, 1.82) is 0 Å². The van der Waals surface area contributed by atoms with E-state index >= 15 is 4.39 Å². The fraction of sp³-hybridized carbons (Fsp3) is 0.174. The molecule has 0 aliphatic carbocycles. The van der Waals surface area contributed by atoms with Gasteiger partial charge in [0.2, 0.25) is 5.69 Å². The molecule has 0 saturated heterocycles. The lowest BCUT2D eigenvalue weighted by Crippen LogP contribution is -2.37. The Labute approximate surface area is 213 Å². The summed E-state index contributed by atoms with van der Waals surface area (Å²) in [5.74, 6) is -4.30. The Kier molecular flexibility index (Phi) is 6.50. The van der Waals surface area contributed by atoms with E-state index in [1.165, 1.54) is 18.2 Å². The number of nitrogen functional groups attached to an aromatic ring is 1. The van der Waals surface area contributed by atoms with E-state index in [4.69, 9.17) is 5.73 Å². The largest absolute Gasteiger partial charge is 0.740 e. The Morgan fingerprint density at radius 3 is 2.24 bits per heavy atom. The van der Waals surface area contributed by atoms with Crippen LogP contribution in [0, 0.1) is 27.9 Å². The summed E-state index contributed by atoms with van der Waals surface area (Å²) >= 11 is 1.00. The molecule has 2 aromatic heterocycles. The molecule has 14 heteroatoms. The van der Waals surface area contributed by atoms with Crippen molar-refractivity contribution in [1.82, 2.24) is 4.98 Å². The quantitative estimate of drug-likeness (QED) is 0.285. The van der Waals surface area contributed by atoms with Crippen LogP contribution in [0.4, 0.5) is 24.8 Å². The highest BCUT2D eigenvalue weighted by Crippen LogP contribution is 2.40. The Bertz CT molecular complexity index is 1620. The molecule has 9 nitrogen and oxygen atoms in total. The molecule has 4 rings (SSSR count). The first-order chi connectivity index (χ1) is 17.2. The molecule has 4 aromatic rings. The average Bonchev–Trinajstić information content (AvgIpc) is 3.14. The van der Waals surface area contributed by atoms with Crippen LogP contribution in [0.1, 0.15) is 25.8 Å². The number of hydrogen-bond donors (Lipinski definition) is 2. The summed E-state index contributed by atoms with van der Waals surface area (Å²) < 4.78 is 72.1. The number of sulfonamides is 1. The van der Waals surface area contributed by atoms with Gasteiger partial charge in [0.05, 0.1) is 22.9 Å². The zero-order valence-corrected chi connectivity index (χ0v) is 21.3. The molecule has 37 heavy (non-hydrogen) atoms. The van der Waals surface area contributed by atoms with Crippen molar-refractivity contribution in [2.45, 2.75) is 31.1 Å². The summed E-state index contributed by atoms with van der Waals surface area (Å²) in [6, 6.07) is 7.34. The smallest absolute Gasteiger partial charge is 0.390 e. The maximum atomic E-state index is 15.8. The first kappa shape index (κ1) is 26.2. The fourth-order valence-electron chi connectivity index (χ4n) is 3.52. The normalized spacial score (nSPS) is 12.1. The summed E-state index contributed by atoms with van der Waals surface area (Å²) in [6.07, 6.45) is 1.08. The Balaban J connectivity index is 1.91. The Morgan fingerprint density at radius 1 is 1.03 bits per heavy atom. The van der Waals surface area contributed by atoms with Crippen LogP contribution in [0.25, 0.3) is 21.8 Å². The van der Waals surface area contributed by atoms with Crippen LogP contribution in [0.15, 0.2) is 53.6 Å². The van der Waals surface area contributed by atoms with Gasteiger partial charge in [0.25, 0.3) is 15.0 Å². The third-order valence-electron chi connectivity index (χ3n) is 5.19. The Morgan fingerprint density at radius 2 is 1.65 bits per heavy atom. The molecule has 2 aromatic carbocycles. The van der Waals surface area contributed by atoms with Crippen LogP contribution in [0.3, 0.4) is 0 Å². The van der Waals surface area contributed by atoms with Crippen LogP contribution in [0.2, 0.25) is 0 Å². The molecular formula is C23H20F3N5O4S2. The van der Waals surface area contributed by atoms with Crippen molar-refractivity contribution in [3.63, 3.8) is 0 Å². The number of nitrogens with two attached hydrogens (primary N) is 1. The highest BCUT2D eigenvalue weighted by molar-refractivity contribution is 7.92. The Hall–Kier alpha value is -3.91. The molecule has 0 aliphatic rings. The molecular weight excluding hydrogens is 531 g/mol. The minimum atomic E-state index is -4.89. The van der Waals surface area contributed by atoms with Gasteiger partial charge >= 0.3 is 5.95 Å². The van der Waals surface area contributed by atoms with Crippen molar-refractivity contribution < 1.29 is 31.0 Å². The van der Waals surface area contributed by atoms with Crippen LogP contribution in [-0.4, -0.2) is 13.4 Å². The van der Waals surface area contributed by atoms with E-state index in [1.54, 1.807) is 20.8 Å². The third-order valence-corrected chi connectivity index (χ3v) is 8.18. The van der Waals surface area contributed by atoms with E-state index < -0.39 is 49.4 Å². The predicted molar refractivity (Wildman–Crippen MR) is 131 cm³/mol. The van der Waals surface area contributed by atoms with E-state index in [2.05, 4.69) is 4.98 Å². The maximum absolute atomic E-state index is 15.8. The molecule has 2 heterocycles. The van der Waals surface area contributed by atoms with E-state index in [1.807, 2.05) is 4.72 Å². The summed E-state index contributed by atoms with van der Waals surface area (Å²) in [6.45, 7) is 5.30. The zero-order chi connectivity index (χ0) is 27.3. The van der Waals surface area contributed by atoms with Gasteiger partial charge in [-0.05, 0) is 45.0 Å². The van der Waals surface area contributed by atoms with E-state index in [0.29, 0.717) is 9.46 Å². The van der Waals surface area contributed by atoms with Crippen molar-refractivity contribution in [2.24, 2.45) is 0 Å². The first-order valence-electron chi connectivity index (χ1n) is 10.6. The monoisotopic (exact) mass is 551 g/mol. The van der Waals surface area contributed by atoms with E-state index in [-0.39, 0.29) is 26.8 Å². The SMILES string of the molecule is CC(C)(C)c1sc(-c2cc[n+]([O-])c(N)n2)c(-c2cccc(NS(=O)(=O)c3c(F)cccc3F)c2F)[n+]1[O-]. The molecule has 0 spiro atoms. The van der Waals surface area contributed by atoms with E-state index in [9.17, 15) is 27.6 Å². The summed E-state index contributed by atoms with van der Waals surface area (Å²) in [7, 11) is -4.89. The van der Waals surface area contributed by atoms with Gasteiger partial charge in [-0.1, -0.05) is 28.5 Å². The van der Waals surface area contributed by atoms with Gasteiger partial charge in [-0.15, -0.1) is 0 Å². The van der Waals surface area contributed by atoms with Gasteiger partial charge in [-0.25, -0.2) is 26.3 Å². The molecule has 0 saturated carbocycles. The highest BCUT2D eigenvalue weighted by Gasteiger charge is 2.36. The summed E-state index contributed by atoms with van der Waals surface area (Å²) in [4.78, 5) is 2.90. The number of nitrogens with one attached hydrogen (secondary N) is 1. The van der Waals surface area contributed by atoms with Crippen molar-refractivity contribution >= 4 is 33.0 Å². The molecule has 0 radical (unpaired) electrons.